The second-order valence-electron chi connectivity index (χ2n) is 13.9. The van der Waals surface area contributed by atoms with E-state index in [-0.39, 0.29) is 18.4 Å². The van der Waals surface area contributed by atoms with Gasteiger partial charge in [-0.1, -0.05) is 115 Å². The van der Waals surface area contributed by atoms with Crippen LogP contribution in [0.3, 0.4) is 0 Å². The van der Waals surface area contributed by atoms with E-state index in [0.29, 0.717) is 29.8 Å². The van der Waals surface area contributed by atoms with E-state index in [1.807, 2.05) is 0 Å². The standard InChI is InChI=1S/C37H68O2Si/c1-29(2)18-17-20-33(9)21-22-35(11)23-26-37(13,14)25-16-15-19-34(10)24-27-38-36(12)28-39-40(30(3)4,31(5)6)32(7)8/h16,18,21,24-25,30-32,36H,11,15,17,19-20,22-23,26-28H2,1-10,12-14H3/b25-16+,33-21+,34-24-/i12D. The Morgan fingerprint density at radius 1 is 0.850 bits per heavy atom. The van der Waals surface area contributed by atoms with Crippen LogP contribution >= 0.6 is 0 Å². The Balaban J connectivity index is 4.56. The predicted octanol–water partition coefficient (Wildman–Crippen LogP) is 12.3. The molecule has 0 aliphatic carbocycles. The molecular weight excluding hydrogens is 504 g/mol. The van der Waals surface area contributed by atoms with Gasteiger partial charge in [-0.3, -0.25) is 0 Å². The molecule has 40 heavy (non-hydrogen) atoms. The first kappa shape index (κ1) is 36.9. The molecule has 0 amide bonds. The Morgan fingerprint density at radius 2 is 1.43 bits per heavy atom. The molecule has 1 unspecified atom stereocenters. The SMILES string of the molecule is [2H]CC(CO[Si](C(C)C)(C(C)C)C(C)C)OC/C=C(/C)CC/C=C/C(C)(C)CCC(=C)C/C=C(\C)CCC=C(C)C. The van der Waals surface area contributed by atoms with E-state index in [2.05, 4.69) is 120 Å². The summed E-state index contributed by atoms with van der Waals surface area (Å²) in [6.07, 6.45) is 18.9. The molecule has 0 aliphatic rings. The average molecular weight is 574 g/mol. The molecule has 0 saturated heterocycles. The number of hydrogen-bond donors (Lipinski definition) is 0. The molecule has 0 fully saturated rings. The van der Waals surface area contributed by atoms with Crippen LogP contribution in [0.5, 0.6) is 0 Å². The fourth-order valence-corrected chi connectivity index (χ4v) is 11.1. The summed E-state index contributed by atoms with van der Waals surface area (Å²) in [5, 5.41) is 0. The summed E-state index contributed by atoms with van der Waals surface area (Å²) in [6.45, 7) is 32.9. The zero-order valence-electron chi connectivity index (χ0n) is 29.8. The first-order chi connectivity index (χ1) is 19.1. The van der Waals surface area contributed by atoms with Gasteiger partial charge in [0.25, 0.3) is 0 Å². The predicted molar refractivity (Wildman–Crippen MR) is 184 cm³/mol. The lowest BCUT2D eigenvalue weighted by atomic mass is 9.85. The highest BCUT2D eigenvalue weighted by Crippen LogP contribution is 2.42. The normalized spacial score (nSPS) is 14.9. The van der Waals surface area contributed by atoms with Crippen LogP contribution in [0.25, 0.3) is 0 Å². The third-order valence-corrected chi connectivity index (χ3v) is 14.3. The smallest absolute Gasteiger partial charge is 0.200 e. The van der Waals surface area contributed by atoms with Crippen molar-refractivity contribution in [2.75, 3.05) is 13.2 Å². The first-order valence-electron chi connectivity index (χ1n) is 16.6. The van der Waals surface area contributed by atoms with Crippen LogP contribution in [0.2, 0.25) is 16.6 Å². The second kappa shape index (κ2) is 19.9. The van der Waals surface area contributed by atoms with Gasteiger partial charge >= 0.3 is 0 Å². The molecule has 0 heterocycles. The lowest BCUT2D eigenvalue weighted by Crippen LogP contribution is -2.49. The Kier molecular flexibility index (Phi) is 18.3. The van der Waals surface area contributed by atoms with Gasteiger partial charge in [0.2, 0.25) is 0 Å². The van der Waals surface area contributed by atoms with Crippen molar-refractivity contribution in [3.8, 4) is 0 Å². The topological polar surface area (TPSA) is 18.5 Å². The highest BCUT2D eigenvalue weighted by Gasteiger charge is 2.45. The molecule has 0 aromatic carbocycles. The summed E-state index contributed by atoms with van der Waals surface area (Å²) in [5.74, 6) is 0. The highest BCUT2D eigenvalue weighted by molar-refractivity contribution is 6.77. The van der Waals surface area contributed by atoms with E-state index in [0.717, 1.165) is 44.9 Å². The lowest BCUT2D eigenvalue weighted by Gasteiger charge is -2.42. The van der Waals surface area contributed by atoms with Crippen LogP contribution in [-0.2, 0) is 9.16 Å². The van der Waals surface area contributed by atoms with E-state index in [9.17, 15) is 0 Å². The maximum absolute atomic E-state index is 7.98. The molecule has 1 atom stereocenters. The van der Waals surface area contributed by atoms with Crippen LogP contribution in [0.1, 0.15) is 136 Å². The van der Waals surface area contributed by atoms with Gasteiger partial charge in [0.05, 0.1) is 19.3 Å². The van der Waals surface area contributed by atoms with Crippen LogP contribution in [-0.4, -0.2) is 27.6 Å². The largest absolute Gasteiger partial charge is 0.413 e. The first-order valence-corrected chi connectivity index (χ1v) is 18.0. The average Bonchev–Trinajstić information content (AvgIpc) is 2.87. The summed E-state index contributed by atoms with van der Waals surface area (Å²) in [5.41, 5.74) is 7.34. The molecular formula is C37H68O2Si. The molecule has 3 heteroatoms. The molecule has 0 aliphatic heterocycles. The quantitative estimate of drug-likeness (QED) is 0.100. The van der Waals surface area contributed by atoms with Gasteiger partial charge in [0.15, 0.2) is 8.32 Å². The van der Waals surface area contributed by atoms with Gasteiger partial charge in [-0.25, -0.2) is 0 Å². The third-order valence-electron chi connectivity index (χ3n) is 8.22. The summed E-state index contributed by atoms with van der Waals surface area (Å²) in [4.78, 5) is 0. The number of rotatable bonds is 21. The Hall–Kier alpha value is -1.16. The summed E-state index contributed by atoms with van der Waals surface area (Å²) < 4.78 is 20.7. The number of allylic oxidation sites excluding steroid dienone is 8. The van der Waals surface area contributed by atoms with Crippen molar-refractivity contribution >= 4 is 8.32 Å². The molecule has 0 aromatic heterocycles. The van der Waals surface area contributed by atoms with Gasteiger partial charge in [0, 0.05) is 1.37 Å². The maximum Gasteiger partial charge on any atom is 0.200 e. The van der Waals surface area contributed by atoms with E-state index in [1.165, 1.54) is 22.3 Å². The highest BCUT2D eigenvalue weighted by atomic mass is 28.4. The van der Waals surface area contributed by atoms with Crippen LogP contribution < -0.4 is 0 Å². The molecule has 232 valence electrons. The second-order valence-corrected chi connectivity index (χ2v) is 19.3. The molecule has 0 N–H and O–H groups in total. The van der Waals surface area contributed by atoms with Crippen LogP contribution in [0, 0.1) is 5.41 Å². The monoisotopic (exact) mass is 574 g/mol. The number of ether oxygens (including phenoxy) is 1. The lowest BCUT2D eigenvalue weighted by molar-refractivity contribution is 0.0433. The van der Waals surface area contributed by atoms with Crippen molar-refractivity contribution in [3.63, 3.8) is 0 Å². The molecule has 0 bridgehead atoms. The van der Waals surface area contributed by atoms with Crippen molar-refractivity contribution in [2.45, 2.75) is 158 Å². The Bertz CT molecular complexity index is 834. The summed E-state index contributed by atoms with van der Waals surface area (Å²) >= 11 is 0. The van der Waals surface area contributed by atoms with E-state index in [1.54, 1.807) is 0 Å². The Labute approximate surface area is 254 Å². The fraction of sp³-hybridized carbons (Fsp3) is 0.730. The molecule has 0 aromatic rings. The molecule has 0 rings (SSSR count). The fourth-order valence-electron chi connectivity index (χ4n) is 5.62. The molecule has 0 radical (unpaired) electrons. The molecule has 2 nitrogen and oxygen atoms in total. The van der Waals surface area contributed by atoms with Crippen molar-refractivity contribution < 1.29 is 10.5 Å². The zero-order valence-corrected chi connectivity index (χ0v) is 29.8. The van der Waals surface area contributed by atoms with E-state index < -0.39 is 8.32 Å². The molecule has 0 spiro atoms. The van der Waals surface area contributed by atoms with E-state index >= 15 is 0 Å². The number of hydrogen-bond acceptors (Lipinski definition) is 2. The Morgan fingerprint density at radius 3 is 1.98 bits per heavy atom. The van der Waals surface area contributed by atoms with Crippen molar-refractivity contribution in [1.82, 2.24) is 0 Å². The van der Waals surface area contributed by atoms with Gasteiger partial charge in [-0.05, 0) is 102 Å². The van der Waals surface area contributed by atoms with Gasteiger partial charge < -0.3 is 9.16 Å². The van der Waals surface area contributed by atoms with Crippen LogP contribution in [0.4, 0.5) is 0 Å². The van der Waals surface area contributed by atoms with Gasteiger partial charge in [-0.15, -0.1) is 0 Å². The minimum absolute atomic E-state index is 0.167. The zero-order chi connectivity index (χ0) is 31.6. The van der Waals surface area contributed by atoms with Crippen molar-refractivity contribution in [1.29, 1.82) is 0 Å². The van der Waals surface area contributed by atoms with Crippen LogP contribution in [0.15, 0.2) is 59.3 Å². The molecule has 0 saturated carbocycles. The van der Waals surface area contributed by atoms with Crippen molar-refractivity contribution in [2.24, 2.45) is 5.41 Å². The maximum atomic E-state index is 7.98. The third kappa shape index (κ3) is 16.3. The summed E-state index contributed by atoms with van der Waals surface area (Å²) in [6, 6.07) is 0. The minimum Gasteiger partial charge on any atom is -0.413 e. The minimum atomic E-state index is -1.93. The van der Waals surface area contributed by atoms with Crippen molar-refractivity contribution in [3.05, 3.63) is 59.3 Å². The summed E-state index contributed by atoms with van der Waals surface area (Å²) in [7, 11) is -1.93. The van der Waals surface area contributed by atoms with E-state index in [4.69, 9.17) is 10.5 Å². The van der Waals surface area contributed by atoms with Gasteiger partial charge in [0.1, 0.15) is 0 Å². The van der Waals surface area contributed by atoms with Gasteiger partial charge in [-0.2, -0.15) is 0 Å².